The van der Waals surface area contributed by atoms with Crippen LogP contribution in [0.4, 0.5) is 8.78 Å². The molecule has 0 bridgehead atoms. The van der Waals surface area contributed by atoms with Gasteiger partial charge in [-0.3, -0.25) is 9.69 Å². The van der Waals surface area contributed by atoms with E-state index in [0.29, 0.717) is 18.0 Å². The maximum absolute atomic E-state index is 13.4. The number of likely N-dealkylation sites (tertiary alicyclic amines) is 1. The van der Waals surface area contributed by atoms with Gasteiger partial charge in [0.1, 0.15) is 23.7 Å². The Bertz CT molecular complexity index is 764. The molecule has 2 N–H and O–H groups in total. The molecule has 0 saturated carbocycles. The average molecular weight is 360 g/mol. The van der Waals surface area contributed by atoms with E-state index < -0.39 is 17.5 Å². The second-order valence-electron chi connectivity index (χ2n) is 6.81. The van der Waals surface area contributed by atoms with Crippen LogP contribution in [0.5, 0.6) is 0 Å². The molecule has 2 heterocycles. The van der Waals surface area contributed by atoms with Crippen LogP contribution in [0.1, 0.15) is 41.0 Å². The molecule has 2 aromatic rings. The van der Waals surface area contributed by atoms with Crippen LogP contribution >= 0.6 is 0 Å². The lowest BCUT2D eigenvalue weighted by Crippen LogP contribution is -2.24. The molecule has 1 aromatic carbocycles. The standard InChI is InChI=1S/C19H22F2N4O/c20-15-6-14(7-16(21)9-15)11-25-4-1-2-13(3-5-25)8-17-10-18(19(22)26)24-12-23-17/h6-7,9-10,12-13H,1-5,8,11H2,(H2,22,26)/t13-/m0/s1. The topological polar surface area (TPSA) is 72.1 Å². The molecule has 1 atom stereocenters. The fraction of sp³-hybridized carbons (Fsp3) is 0.421. The van der Waals surface area contributed by atoms with Gasteiger partial charge >= 0.3 is 0 Å². The summed E-state index contributed by atoms with van der Waals surface area (Å²) in [7, 11) is 0. The third-order valence-electron chi connectivity index (χ3n) is 4.74. The van der Waals surface area contributed by atoms with Crippen LogP contribution in [0, 0.1) is 17.6 Å². The van der Waals surface area contributed by atoms with Gasteiger partial charge in [-0.05, 0) is 68.5 Å². The van der Waals surface area contributed by atoms with Gasteiger partial charge in [-0.25, -0.2) is 18.7 Å². The fourth-order valence-corrected chi connectivity index (χ4v) is 3.49. The third-order valence-corrected chi connectivity index (χ3v) is 4.74. The molecule has 1 aliphatic heterocycles. The van der Waals surface area contributed by atoms with E-state index in [1.54, 1.807) is 6.07 Å². The Balaban J connectivity index is 1.58. The van der Waals surface area contributed by atoms with Gasteiger partial charge in [0.2, 0.25) is 0 Å². The van der Waals surface area contributed by atoms with E-state index in [4.69, 9.17) is 5.73 Å². The highest BCUT2D eigenvalue weighted by atomic mass is 19.1. The minimum atomic E-state index is -0.553. The molecule has 3 rings (SSSR count). The Morgan fingerprint density at radius 1 is 1.12 bits per heavy atom. The Hall–Kier alpha value is -2.41. The molecule has 5 nitrogen and oxygen atoms in total. The van der Waals surface area contributed by atoms with Gasteiger partial charge < -0.3 is 5.73 Å². The number of nitrogens with two attached hydrogens (primary N) is 1. The Labute approximate surface area is 151 Å². The lowest BCUT2D eigenvalue weighted by atomic mass is 9.95. The van der Waals surface area contributed by atoms with Crippen molar-refractivity contribution in [1.29, 1.82) is 0 Å². The molecule has 26 heavy (non-hydrogen) atoms. The van der Waals surface area contributed by atoms with Gasteiger partial charge in [-0.15, -0.1) is 0 Å². The van der Waals surface area contributed by atoms with Gasteiger partial charge in [-0.2, -0.15) is 0 Å². The fourth-order valence-electron chi connectivity index (χ4n) is 3.49. The molecular formula is C19H22F2N4O. The molecule has 1 amide bonds. The van der Waals surface area contributed by atoms with Gasteiger partial charge in [0.25, 0.3) is 5.91 Å². The highest BCUT2D eigenvalue weighted by Crippen LogP contribution is 2.22. The zero-order chi connectivity index (χ0) is 18.5. The van der Waals surface area contributed by atoms with Crippen molar-refractivity contribution in [2.75, 3.05) is 13.1 Å². The molecule has 7 heteroatoms. The van der Waals surface area contributed by atoms with E-state index >= 15 is 0 Å². The molecule has 1 saturated heterocycles. The van der Waals surface area contributed by atoms with Crippen LogP contribution in [-0.2, 0) is 13.0 Å². The van der Waals surface area contributed by atoms with Gasteiger partial charge in [-0.1, -0.05) is 0 Å². The van der Waals surface area contributed by atoms with Crippen molar-refractivity contribution in [3.63, 3.8) is 0 Å². The predicted molar refractivity (Wildman–Crippen MR) is 93.2 cm³/mol. The Morgan fingerprint density at radius 3 is 2.62 bits per heavy atom. The molecule has 1 aromatic heterocycles. The SMILES string of the molecule is NC(=O)c1cc(C[C@H]2CCCN(Cc3cc(F)cc(F)c3)CC2)ncn1. The summed E-state index contributed by atoms with van der Waals surface area (Å²) in [6.45, 7) is 2.29. The number of hydrogen-bond acceptors (Lipinski definition) is 4. The molecule has 138 valence electrons. The van der Waals surface area contributed by atoms with Crippen molar-refractivity contribution in [1.82, 2.24) is 14.9 Å². The summed E-state index contributed by atoms with van der Waals surface area (Å²) in [6, 6.07) is 5.32. The maximum Gasteiger partial charge on any atom is 0.267 e. The van der Waals surface area contributed by atoms with Crippen LogP contribution < -0.4 is 5.73 Å². The van der Waals surface area contributed by atoms with Gasteiger partial charge in [0.05, 0.1) is 0 Å². The van der Waals surface area contributed by atoms with Gasteiger partial charge in [0, 0.05) is 18.3 Å². The monoisotopic (exact) mass is 360 g/mol. The second kappa shape index (κ2) is 8.31. The number of nitrogens with zero attached hydrogens (tertiary/aromatic N) is 3. The molecule has 0 spiro atoms. The number of carbonyl (C=O) groups is 1. The highest BCUT2D eigenvalue weighted by molar-refractivity contribution is 5.90. The maximum atomic E-state index is 13.4. The minimum Gasteiger partial charge on any atom is -0.364 e. The lowest BCUT2D eigenvalue weighted by Gasteiger charge is -2.20. The quantitative estimate of drug-likeness (QED) is 0.890. The number of benzene rings is 1. The first-order valence-electron chi connectivity index (χ1n) is 8.77. The van der Waals surface area contributed by atoms with Crippen LogP contribution in [0.15, 0.2) is 30.6 Å². The number of amides is 1. The molecule has 0 unspecified atom stereocenters. The normalized spacial score (nSPS) is 18.5. The van der Waals surface area contributed by atoms with Crippen LogP contribution in [0.2, 0.25) is 0 Å². The van der Waals surface area contributed by atoms with E-state index in [9.17, 15) is 13.6 Å². The predicted octanol–water partition coefficient (Wildman–Crippen LogP) is 2.70. The van der Waals surface area contributed by atoms with Gasteiger partial charge in [0.15, 0.2) is 0 Å². The summed E-state index contributed by atoms with van der Waals surface area (Å²) in [5.41, 5.74) is 6.97. The number of primary amides is 1. The van der Waals surface area contributed by atoms with Crippen molar-refractivity contribution >= 4 is 5.91 Å². The highest BCUT2D eigenvalue weighted by Gasteiger charge is 2.19. The Morgan fingerprint density at radius 2 is 1.88 bits per heavy atom. The summed E-state index contributed by atoms with van der Waals surface area (Å²) in [6.07, 6.45) is 5.16. The lowest BCUT2D eigenvalue weighted by molar-refractivity contribution is 0.0995. The number of halogens is 2. The molecule has 1 aliphatic rings. The summed E-state index contributed by atoms with van der Waals surface area (Å²) < 4.78 is 26.7. The van der Waals surface area contributed by atoms with E-state index in [-0.39, 0.29) is 5.69 Å². The number of carbonyl (C=O) groups excluding carboxylic acids is 1. The first-order chi connectivity index (χ1) is 12.5. The Kier molecular flexibility index (Phi) is 5.88. The summed E-state index contributed by atoms with van der Waals surface area (Å²) in [4.78, 5) is 21.6. The number of aromatic nitrogens is 2. The van der Waals surface area contributed by atoms with Crippen molar-refractivity contribution in [2.24, 2.45) is 11.7 Å². The molecule has 0 aliphatic carbocycles. The second-order valence-corrected chi connectivity index (χ2v) is 6.81. The molecular weight excluding hydrogens is 338 g/mol. The van der Waals surface area contributed by atoms with E-state index in [1.165, 1.54) is 18.5 Å². The van der Waals surface area contributed by atoms with Crippen LogP contribution in [-0.4, -0.2) is 33.9 Å². The summed E-state index contributed by atoms with van der Waals surface area (Å²) >= 11 is 0. The van der Waals surface area contributed by atoms with Crippen molar-refractivity contribution in [2.45, 2.75) is 32.2 Å². The van der Waals surface area contributed by atoms with Crippen molar-refractivity contribution < 1.29 is 13.6 Å². The van der Waals surface area contributed by atoms with Crippen LogP contribution in [0.3, 0.4) is 0 Å². The summed E-state index contributed by atoms with van der Waals surface area (Å²) in [5.74, 6) is -1.19. The van der Waals surface area contributed by atoms with E-state index in [0.717, 1.165) is 50.5 Å². The zero-order valence-electron chi connectivity index (χ0n) is 14.5. The molecule has 1 fully saturated rings. The van der Waals surface area contributed by atoms with E-state index in [2.05, 4.69) is 14.9 Å². The van der Waals surface area contributed by atoms with Crippen LogP contribution in [0.25, 0.3) is 0 Å². The van der Waals surface area contributed by atoms with Crippen molar-refractivity contribution in [3.8, 4) is 0 Å². The first kappa shape index (κ1) is 18.4. The molecule has 0 radical (unpaired) electrons. The minimum absolute atomic E-state index is 0.235. The summed E-state index contributed by atoms with van der Waals surface area (Å²) in [5, 5.41) is 0. The largest absolute Gasteiger partial charge is 0.364 e. The number of hydrogen-bond donors (Lipinski definition) is 1. The van der Waals surface area contributed by atoms with E-state index in [1.807, 2.05) is 0 Å². The smallest absolute Gasteiger partial charge is 0.267 e. The van der Waals surface area contributed by atoms with Crippen molar-refractivity contribution in [3.05, 3.63) is 59.2 Å². The third kappa shape index (κ3) is 5.05. The first-order valence-corrected chi connectivity index (χ1v) is 8.77. The average Bonchev–Trinajstić information content (AvgIpc) is 2.79. The zero-order valence-corrected chi connectivity index (χ0v) is 14.5. The number of rotatable bonds is 5.